The Morgan fingerprint density at radius 2 is 0.595 bits per heavy atom. The molecule has 0 bridgehead atoms. The highest BCUT2D eigenvalue weighted by Crippen LogP contribution is 2.19. The second-order valence-electron chi connectivity index (χ2n) is 26.0. The van der Waals surface area contributed by atoms with Crippen molar-refractivity contribution in [2.24, 2.45) is 0 Å². The quantitative estimate of drug-likeness (QED) is 0.0320. The lowest BCUT2D eigenvalue weighted by molar-refractivity contribution is -0.143. The summed E-state index contributed by atoms with van der Waals surface area (Å²) in [7, 11) is 0. The van der Waals surface area contributed by atoms with Crippen molar-refractivity contribution in [3.05, 3.63) is 48.6 Å². The van der Waals surface area contributed by atoms with Crippen LogP contribution in [0.3, 0.4) is 0 Å². The van der Waals surface area contributed by atoms with Crippen molar-refractivity contribution in [3.8, 4) is 0 Å². The van der Waals surface area contributed by atoms with Crippen molar-refractivity contribution in [1.29, 1.82) is 0 Å². The van der Waals surface area contributed by atoms with Gasteiger partial charge in [-0.25, -0.2) is 0 Å². The Bertz CT molecular complexity index is 1400. The molecule has 3 N–H and O–H groups in total. The first-order valence-corrected chi connectivity index (χ1v) is 37.9. The number of rotatable bonds is 71. The summed E-state index contributed by atoms with van der Waals surface area (Å²) >= 11 is 0. The topological polar surface area (TPSA) is 95.9 Å². The maximum absolute atomic E-state index is 12.5. The van der Waals surface area contributed by atoms with E-state index in [0.717, 1.165) is 57.8 Å². The molecule has 0 fully saturated rings. The van der Waals surface area contributed by atoms with Crippen molar-refractivity contribution in [2.75, 3.05) is 13.2 Å². The lowest BCUT2D eigenvalue weighted by atomic mass is 10.0. The first-order valence-electron chi connectivity index (χ1n) is 37.9. The van der Waals surface area contributed by atoms with Crippen LogP contribution in [0.5, 0.6) is 0 Å². The number of allylic oxidation sites excluding steroid dienone is 8. The van der Waals surface area contributed by atoms with Crippen LogP contribution >= 0.6 is 0 Å². The Morgan fingerprint density at radius 1 is 0.333 bits per heavy atom. The predicted molar refractivity (Wildman–Crippen MR) is 370 cm³/mol. The molecular formula is C78H147NO5. The molecule has 494 valence electrons. The first-order chi connectivity index (χ1) is 41.5. The number of nitrogens with one attached hydrogen (secondary N) is 1. The third kappa shape index (κ3) is 68.9. The fourth-order valence-corrected chi connectivity index (χ4v) is 11.8. The van der Waals surface area contributed by atoms with Gasteiger partial charge in [0.2, 0.25) is 5.91 Å². The number of hydrogen-bond donors (Lipinski definition) is 3. The van der Waals surface area contributed by atoms with Crippen LogP contribution in [0.4, 0.5) is 0 Å². The summed E-state index contributed by atoms with van der Waals surface area (Å²) in [4.78, 5) is 24.6. The molecule has 0 heterocycles. The molecule has 0 aliphatic rings. The maximum Gasteiger partial charge on any atom is 0.305 e. The van der Waals surface area contributed by atoms with Crippen molar-refractivity contribution >= 4 is 11.9 Å². The molecule has 6 nitrogen and oxygen atoms in total. The van der Waals surface area contributed by atoms with Crippen LogP contribution in [0, 0.1) is 0 Å². The summed E-state index contributed by atoms with van der Waals surface area (Å²) in [5.41, 5.74) is 0. The second-order valence-corrected chi connectivity index (χ2v) is 26.0. The largest absolute Gasteiger partial charge is 0.466 e. The molecule has 1 amide bonds. The second kappa shape index (κ2) is 73.3. The summed E-state index contributed by atoms with van der Waals surface area (Å²) in [6.45, 7) is 4.95. The lowest BCUT2D eigenvalue weighted by Gasteiger charge is -2.22. The molecule has 0 saturated carbocycles. The van der Waals surface area contributed by atoms with E-state index in [9.17, 15) is 19.8 Å². The number of hydrogen-bond acceptors (Lipinski definition) is 5. The number of carbonyl (C=O) groups excluding carboxylic acids is 2. The van der Waals surface area contributed by atoms with Crippen molar-refractivity contribution in [2.45, 2.75) is 424 Å². The van der Waals surface area contributed by atoms with Gasteiger partial charge in [-0.2, -0.15) is 0 Å². The SMILES string of the molecule is CCCCCC/C=C\C/C=C\CCCCCCCC(=O)OCCCCCCCCCCCCCCCCC/C=C\C/C=C\CCCCCCCCCCCCCCCCCCCC(=O)NC(CO)C(O)CCCCCCCCCCCCCC. The van der Waals surface area contributed by atoms with Gasteiger partial charge in [0.25, 0.3) is 0 Å². The van der Waals surface area contributed by atoms with Gasteiger partial charge >= 0.3 is 5.97 Å². The summed E-state index contributed by atoms with van der Waals surface area (Å²) < 4.78 is 5.49. The minimum Gasteiger partial charge on any atom is -0.466 e. The number of aliphatic hydroxyl groups excluding tert-OH is 2. The number of esters is 1. The minimum atomic E-state index is -0.661. The van der Waals surface area contributed by atoms with E-state index in [-0.39, 0.29) is 18.5 Å². The molecule has 84 heavy (non-hydrogen) atoms. The first kappa shape index (κ1) is 81.8. The smallest absolute Gasteiger partial charge is 0.305 e. The van der Waals surface area contributed by atoms with Crippen LogP contribution in [0.1, 0.15) is 412 Å². The highest BCUT2D eigenvalue weighted by molar-refractivity contribution is 5.76. The molecule has 6 heteroatoms. The average Bonchev–Trinajstić information content (AvgIpc) is 3.50. The number of unbranched alkanes of at least 4 members (excludes halogenated alkanes) is 52. The molecule has 0 radical (unpaired) electrons. The molecule has 0 rings (SSSR count). The molecule has 0 aromatic heterocycles. The third-order valence-corrected chi connectivity index (χ3v) is 17.6. The highest BCUT2D eigenvalue weighted by Gasteiger charge is 2.20. The molecule has 0 aliphatic heterocycles. The molecule has 0 aromatic carbocycles. The zero-order valence-corrected chi connectivity index (χ0v) is 56.6. The number of aliphatic hydroxyl groups is 2. The highest BCUT2D eigenvalue weighted by atomic mass is 16.5. The molecule has 0 aromatic rings. The van der Waals surface area contributed by atoms with Gasteiger partial charge in [-0.3, -0.25) is 9.59 Å². The van der Waals surface area contributed by atoms with Crippen LogP contribution in [-0.2, 0) is 14.3 Å². The number of amides is 1. The Labute approximate surface area is 525 Å². The molecule has 2 atom stereocenters. The van der Waals surface area contributed by atoms with Crippen LogP contribution in [0.25, 0.3) is 0 Å². The van der Waals surface area contributed by atoms with E-state index in [1.807, 2.05) is 0 Å². The average molecular weight is 1180 g/mol. The predicted octanol–water partition coefficient (Wildman–Crippen LogP) is 24.8. The van der Waals surface area contributed by atoms with Gasteiger partial charge in [-0.1, -0.05) is 358 Å². The lowest BCUT2D eigenvalue weighted by Crippen LogP contribution is -2.45. The standard InChI is InChI=1S/C78H147NO5/c1-3-5-7-9-11-13-15-17-18-45-48-52-56-60-64-68-72-78(83)84-73-69-65-61-57-53-49-46-43-41-39-37-35-33-31-29-27-25-23-21-19-20-22-24-26-28-30-32-34-36-38-40-42-44-47-51-55-59-63-67-71-77(82)79-75(74-80)76(81)70-66-62-58-54-50-16-14-12-10-8-6-4-2/h13,15,18-20,23,25,45,75-76,80-81H,3-12,14,16-17,21-22,24,26-44,46-74H2,1-2H3,(H,79,82)/b15-13-,20-19-,25-23-,45-18-. The van der Waals surface area contributed by atoms with Gasteiger partial charge in [-0.05, 0) is 89.9 Å². The monoisotopic (exact) mass is 1180 g/mol. The van der Waals surface area contributed by atoms with Crippen molar-refractivity contribution < 1.29 is 24.5 Å². The van der Waals surface area contributed by atoms with Crippen molar-refractivity contribution in [1.82, 2.24) is 5.32 Å². The summed E-state index contributed by atoms with van der Waals surface area (Å²) in [6.07, 6.45) is 96.3. The van der Waals surface area contributed by atoms with Crippen LogP contribution < -0.4 is 5.32 Å². The number of ether oxygens (including phenoxy) is 1. The zero-order chi connectivity index (χ0) is 60.6. The summed E-state index contributed by atoms with van der Waals surface area (Å²) in [5.74, 6) is -0.0237. The fraction of sp³-hybridized carbons (Fsp3) is 0.872. The van der Waals surface area contributed by atoms with E-state index in [1.165, 1.54) is 321 Å². The van der Waals surface area contributed by atoms with Gasteiger partial charge in [0, 0.05) is 12.8 Å². The Balaban J connectivity index is 3.34. The Kier molecular flexibility index (Phi) is 71.4. The van der Waals surface area contributed by atoms with Gasteiger partial charge in [0.1, 0.15) is 0 Å². The van der Waals surface area contributed by atoms with E-state index in [1.54, 1.807) is 0 Å². The number of carbonyl (C=O) groups is 2. The van der Waals surface area contributed by atoms with Crippen LogP contribution in [0.2, 0.25) is 0 Å². The zero-order valence-electron chi connectivity index (χ0n) is 56.6. The van der Waals surface area contributed by atoms with Gasteiger partial charge < -0.3 is 20.3 Å². The van der Waals surface area contributed by atoms with E-state index in [4.69, 9.17) is 4.74 Å². The van der Waals surface area contributed by atoms with E-state index in [2.05, 4.69) is 67.8 Å². The van der Waals surface area contributed by atoms with Gasteiger partial charge in [0.05, 0.1) is 25.4 Å². The van der Waals surface area contributed by atoms with Gasteiger partial charge in [0.15, 0.2) is 0 Å². The van der Waals surface area contributed by atoms with Crippen LogP contribution in [-0.4, -0.2) is 47.4 Å². The van der Waals surface area contributed by atoms with E-state index in [0.29, 0.717) is 25.9 Å². The van der Waals surface area contributed by atoms with Crippen molar-refractivity contribution in [3.63, 3.8) is 0 Å². The molecule has 0 spiro atoms. The maximum atomic E-state index is 12.5. The van der Waals surface area contributed by atoms with Crippen LogP contribution in [0.15, 0.2) is 48.6 Å². The van der Waals surface area contributed by atoms with E-state index >= 15 is 0 Å². The van der Waals surface area contributed by atoms with Gasteiger partial charge in [-0.15, -0.1) is 0 Å². The molecular weight excluding hydrogens is 1030 g/mol. The Morgan fingerprint density at radius 3 is 0.917 bits per heavy atom. The molecule has 0 aliphatic carbocycles. The normalized spacial score (nSPS) is 12.8. The third-order valence-electron chi connectivity index (χ3n) is 17.6. The Hall–Kier alpha value is -2.18. The fourth-order valence-electron chi connectivity index (χ4n) is 11.8. The molecule has 0 saturated heterocycles. The summed E-state index contributed by atoms with van der Waals surface area (Å²) in [6, 6.07) is -0.538. The minimum absolute atomic E-state index is 0.00699. The van der Waals surface area contributed by atoms with E-state index < -0.39 is 12.1 Å². The summed E-state index contributed by atoms with van der Waals surface area (Å²) in [5, 5.41) is 23.3. The molecule has 2 unspecified atom stereocenters.